The molecule has 0 aliphatic carbocycles. The van der Waals surface area contributed by atoms with Crippen LogP contribution < -0.4 is 4.90 Å². The third-order valence-corrected chi connectivity index (χ3v) is 9.71. The molecule has 10 aromatic rings. The minimum atomic E-state index is 1.15. The van der Waals surface area contributed by atoms with Crippen LogP contribution in [0.4, 0.5) is 17.1 Å². The molecule has 0 bridgehead atoms. The predicted octanol–water partition coefficient (Wildman–Crippen LogP) is 12.6. The van der Waals surface area contributed by atoms with Crippen molar-refractivity contribution in [2.45, 2.75) is 0 Å². The molecular weight excluding hydrogens is 542 g/mol. The number of hydrogen-bond donors (Lipinski definition) is 0. The molecule has 1 nitrogen and oxygen atoms in total. The van der Waals surface area contributed by atoms with Crippen LogP contribution >= 0.6 is 0 Å². The van der Waals surface area contributed by atoms with E-state index in [4.69, 9.17) is 0 Å². The van der Waals surface area contributed by atoms with Gasteiger partial charge in [0.15, 0.2) is 0 Å². The molecule has 0 aromatic heterocycles. The molecule has 0 spiro atoms. The van der Waals surface area contributed by atoms with Crippen LogP contribution in [0.15, 0.2) is 164 Å². The quantitative estimate of drug-likeness (QED) is 0.204. The van der Waals surface area contributed by atoms with Gasteiger partial charge in [0, 0.05) is 16.8 Å². The van der Waals surface area contributed by atoms with Crippen LogP contribution in [0.5, 0.6) is 0 Å². The lowest BCUT2D eigenvalue weighted by atomic mass is 9.90. The summed E-state index contributed by atoms with van der Waals surface area (Å²) in [7, 11) is 0. The fraction of sp³-hybridized carbons (Fsp3) is 0. The van der Waals surface area contributed by atoms with Gasteiger partial charge in [-0.2, -0.15) is 0 Å². The Balaban J connectivity index is 1.44. The van der Waals surface area contributed by atoms with E-state index in [1.54, 1.807) is 0 Å². The van der Waals surface area contributed by atoms with Gasteiger partial charge in [-0.25, -0.2) is 0 Å². The topological polar surface area (TPSA) is 3.24 Å². The highest BCUT2D eigenvalue weighted by molar-refractivity contribution is 6.48. The standard InChI is InChI=1S/C44H27N/c1-4-14-28(15-5-1)39-35-24-12-22-32-31-20-10-11-21-33(31)42(41(32)35)44-37-26-27-38(34-23-13-25-36(40(34)37)43(39)44)45(29-16-6-2-7-17-29)30-18-8-3-9-19-30/h1-27H. The molecule has 0 aliphatic heterocycles. The molecule has 0 aliphatic rings. The number of fused-ring (bicyclic) bond motifs is 7. The van der Waals surface area contributed by atoms with Crippen LogP contribution in [-0.2, 0) is 0 Å². The first-order valence-electron chi connectivity index (χ1n) is 15.6. The number of rotatable bonds is 4. The summed E-state index contributed by atoms with van der Waals surface area (Å²) in [5, 5.41) is 16.0. The van der Waals surface area contributed by atoms with Crippen LogP contribution in [0.2, 0.25) is 0 Å². The Bertz CT molecular complexity index is 2640. The number of nitrogens with zero attached hydrogens (tertiary/aromatic N) is 1. The molecule has 1 heteroatoms. The minimum absolute atomic E-state index is 1.15. The Morgan fingerprint density at radius 2 is 0.756 bits per heavy atom. The van der Waals surface area contributed by atoms with Crippen molar-refractivity contribution in [3.63, 3.8) is 0 Å². The second-order valence-corrected chi connectivity index (χ2v) is 12.0. The number of benzene rings is 8. The third kappa shape index (κ3) is 3.33. The largest absolute Gasteiger partial charge is 0.310 e. The van der Waals surface area contributed by atoms with Crippen molar-refractivity contribution in [3.05, 3.63) is 164 Å². The molecule has 0 heterocycles. The molecule has 0 amide bonds. The van der Waals surface area contributed by atoms with Gasteiger partial charge in [0.1, 0.15) is 0 Å². The van der Waals surface area contributed by atoms with Gasteiger partial charge in [0.2, 0.25) is 0 Å². The second kappa shape index (κ2) is 9.29. The highest BCUT2D eigenvalue weighted by atomic mass is 15.1. The van der Waals surface area contributed by atoms with E-state index in [2.05, 4.69) is 169 Å². The summed E-state index contributed by atoms with van der Waals surface area (Å²) in [5.74, 6) is 0. The van der Waals surface area contributed by atoms with E-state index < -0.39 is 0 Å². The maximum absolute atomic E-state index is 2.40. The molecule has 0 saturated heterocycles. The Hall–Kier alpha value is -5.92. The Morgan fingerprint density at radius 3 is 1.47 bits per heavy atom. The molecule has 10 aromatic carbocycles. The SMILES string of the molecule is c1ccc(-c2c3cccc4c5ccccc5c(c34)c3c4ccc(N(c5ccccc5)c5ccccc5)c5cccc(c23)c54)cc1. The van der Waals surface area contributed by atoms with Crippen molar-refractivity contribution in [2.75, 3.05) is 4.90 Å². The van der Waals surface area contributed by atoms with Gasteiger partial charge in [-0.15, -0.1) is 0 Å². The molecule has 0 N–H and O–H groups in total. The van der Waals surface area contributed by atoms with Crippen LogP contribution in [0.1, 0.15) is 0 Å². The average molecular weight is 570 g/mol. The Morgan fingerprint density at radius 1 is 0.267 bits per heavy atom. The fourth-order valence-corrected chi connectivity index (χ4v) is 8.00. The van der Waals surface area contributed by atoms with Crippen molar-refractivity contribution >= 4 is 81.7 Å². The molecule has 0 unspecified atom stereocenters. The van der Waals surface area contributed by atoms with Crippen molar-refractivity contribution < 1.29 is 0 Å². The predicted molar refractivity (Wildman–Crippen MR) is 194 cm³/mol. The number of anilines is 3. The molecule has 0 saturated carbocycles. The summed E-state index contributed by atoms with van der Waals surface area (Å²) >= 11 is 0. The highest BCUT2D eigenvalue weighted by Crippen LogP contribution is 2.54. The lowest BCUT2D eigenvalue weighted by molar-refractivity contribution is 1.30. The van der Waals surface area contributed by atoms with Gasteiger partial charge in [-0.05, 0) is 101 Å². The Labute approximate surface area is 260 Å². The summed E-state index contributed by atoms with van der Waals surface area (Å²) in [6.45, 7) is 0. The highest BCUT2D eigenvalue weighted by Gasteiger charge is 2.26. The van der Waals surface area contributed by atoms with Crippen molar-refractivity contribution in [1.29, 1.82) is 0 Å². The van der Waals surface area contributed by atoms with E-state index in [0.717, 1.165) is 11.4 Å². The van der Waals surface area contributed by atoms with Crippen molar-refractivity contribution in [3.8, 4) is 11.1 Å². The summed E-state index contributed by atoms with van der Waals surface area (Å²) in [4.78, 5) is 2.40. The van der Waals surface area contributed by atoms with E-state index in [1.807, 2.05) is 0 Å². The summed E-state index contributed by atoms with van der Waals surface area (Å²) in [6.07, 6.45) is 0. The maximum atomic E-state index is 2.40. The smallest absolute Gasteiger partial charge is 0.0540 e. The van der Waals surface area contributed by atoms with Gasteiger partial charge in [-0.1, -0.05) is 133 Å². The fourth-order valence-electron chi connectivity index (χ4n) is 8.00. The normalized spacial score (nSPS) is 12.0. The van der Waals surface area contributed by atoms with Gasteiger partial charge in [0.25, 0.3) is 0 Å². The molecule has 0 fully saturated rings. The first kappa shape index (κ1) is 24.5. The minimum Gasteiger partial charge on any atom is -0.310 e. The van der Waals surface area contributed by atoms with E-state index in [9.17, 15) is 0 Å². The lowest BCUT2D eigenvalue weighted by Gasteiger charge is -2.27. The summed E-state index contributed by atoms with van der Waals surface area (Å²) in [6, 6.07) is 59.9. The first-order chi connectivity index (χ1) is 22.4. The second-order valence-electron chi connectivity index (χ2n) is 12.0. The molecule has 45 heavy (non-hydrogen) atoms. The monoisotopic (exact) mass is 569 g/mol. The zero-order valence-electron chi connectivity index (χ0n) is 24.5. The third-order valence-electron chi connectivity index (χ3n) is 9.71. The average Bonchev–Trinajstić information content (AvgIpc) is 3.62. The molecule has 10 rings (SSSR count). The van der Waals surface area contributed by atoms with Gasteiger partial charge in [0.05, 0.1) is 5.69 Å². The molecule has 208 valence electrons. The lowest BCUT2D eigenvalue weighted by Crippen LogP contribution is -2.10. The van der Waals surface area contributed by atoms with Crippen LogP contribution in [0.3, 0.4) is 0 Å². The number of para-hydroxylation sites is 2. The molecule has 0 radical (unpaired) electrons. The molecule has 0 atom stereocenters. The maximum Gasteiger partial charge on any atom is 0.0540 e. The van der Waals surface area contributed by atoms with E-state index in [-0.39, 0.29) is 0 Å². The zero-order chi connectivity index (χ0) is 29.5. The van der Waals surface area contributed by atoms with Gasteiger partial charge >= 0.3 is 0 Å². The first-order valence-corrected chi connectivity index (χ1v) is 15.6. The van der Waals surface area contributed by atoms with Crippen LogP contribution in [-0.4, -0.2) is 0 Å². The number of hydrogen-bond acceptors (Lipinski definition) is 1. The van der Waals surface area contributed by atoms with E-state index >= 15 is 0 Å². The van der Waals surface area contributed by atoms with Gasteiger partial charge in [-0.3, -0.25) is 0 Å². The van der Waals surface area contributed by atoms with E-state index in [0.29, 0.717) is 0 Å². The van der Waals surface area contributed by atoms with Crippen molar-refractivity contribution in [1.82, 2.24) is 0 Å². The summed E-state index contributed by atoms with van der Waals surface area (Å²) < 4.78 is 0. The Kier molecular flexibility index (Phi) is 5.06. The zero-order valence-corrected chi connectivity index (χ0v) is 24.5. The van der Waals surface area contributed by atoms with Crippen LogP contribution in [0.25, 0.3) is 75.8 Å². The van der Waals surface area contributed by atoms with Crippen LogP contribution in [0, 0.1) is 0 Å². The van der Waals surface area contributed by atoms with E-state index in [1.165, 1.54) is 81.4 Å². The molecular formula is C44H27N. The van der Waals surface area contributed by atoms with Gasteiger partial charge < -0.3 is 4.90 Å². The summed E-state index contributed by atoms with van der Waals surface area (Å²) in [5.41, 5.74) is 6.06. The van der Waals surface area contributed by atoms with Crippen molar-refractivity contribution in [2.24, 2.45) is 0 Å².